The van der Waals surface area contributed by atoms with E-state index < -0.39 is 29.7 Å². The molecular weight excluding hydrogens is 478 g/mol. The number of piperidine rings is 1. The van der Waals surface area contributed by atoms with Crippen molar-refractivity contribution in [2.45, 2.75) is 39.0 Å². The van der Waals surface area contributed by atoms with Gasteiger partial charge in [-0.25, -0.2) is 19.4 Å². The number of hydrogen-bond acceptors (Lipinski definition) is 6. The van der Waals surface area contributed by atoms with E-state index in [1.807, 2.05) is 19.9 Å². The number of alkyl halides is 3. The largest absolute Gasteiger partial charge is 0.471 e. The van der Waals surface area contributed by atoms with Gasteiger partial charge in [-0.05, 0) is 25.8 Å². The minimum atomic E-state index is -4.60. The number of allylic oxidation sites excluding steroid dienone is 1. The van der Waals surface area contributed by atoms with Crippen molar-refractivity contribution in [1.29, 1.82) is 0 Å². The third-order valence-corrected chi connectivity index (χ3v) is 5.80. The second-order valence-electron chi connectivity index (χ2n) is 8.82. The predicted octanol–water partition coefficient (Wildman–Crippen LogP) is 4.73. The van der Waals surface area contributed by atoms with E-state index >= 15 is 4.39 Å². The van der Waals surface area contributed by atoms with Gasteiger partial charge in [0.2, 0.25) is 5.88 Å². The molecule has 7 nitrogen and oxygen atoms in total. The number of carbonyl (C=O) groups is 1. The smallest absolute Gasteiger partial charge is 0.434 e. The topological polar surface area (TPSA) is 80.0 Å². The summed E-state index contributed by atoms with van der Waals surface area (Å²) in [7, 11) is 0. The first-order chi connectivity index (χ1) is 17.1. The van der Waals surface area contributed by atoms with Gasteiger partial charge in [0.1, 0.15) is 11.9 Å². The summed E-state index contributed by atoms with van der Waals surface area (Å²) in [6.07, 6.45) is 1.23. The number of amidine groups is 1. The average molecular weight is 504 g/mol. The molecule has 2 aliphatic heterocycles. The zero-order valence-corrected chi connectivity index (χ0v) is 19.8. The zero-order chi connectivity index (χ0) is 25.9. The Morgan fingerprint density at radius 1 is 1.19 bits per heavy atom. The summed E-state index contributed by atoms with van der Waals surface area (Å²) in [5.74, 6) is -0.951. The summed E-state index contributed by atoms with van der Waals surface area (Å²) in [6.45, 7) is 4.80. The zero-order valence-electron chi connectivity index (χ0n) is 19.8. The summed E-state index contributed by atoms with van der Waals surface area (Å²) in [5, 5.41) is 0. The van der Waals surface area contributed by atoms with Crippen molar-refractivity contribution in [3.63, 3.8) is 0 Å². The van der Waals surface area contributed by atoms with Crippen LogP contribution in [0.2, 0.25) is 0 Å². The van der Waals surface area contributed by atoms with E-state index in [2.05, 4.69) is 20.0 Å². The number of halogens is 4. The number of carbonyl (C=O) groups excluding carboxylic acids is 1. The Kier molecular flexibility index (Phi) is 7.46. The van der Waals surface area contributed by atoms with Crippen LogP contribution < -0.4 is 4.74 Å². The van der Waals surface area contributed by atoms with Crippen molar-refractivity contribution >= 4 is 18.0 Å². The number of rotatable bonds is 4. The molecule has 2 atom stereocenters. The second kappa shape index (κ2) is 10.5. The molecule has 190 valence electrons. The average Bonchev–Trinajstić information content (AvgIpc) is 2.82. The molecule has 1 aromatic heterocycles. The van der Waals surface area contributed by atoms with Crippen molar-refractivity contribution in [1.82, 2.24) is 14.9 Å². The number of nitrogens with zero attached hydrogens (tertiary/aromatic N) is 5. The van der Waals surface area contributed by atoms with E-state index in [4.69, 9.17) is 4.74 Å². The van der Waals surface area contributed by atoms with Crippen LogP contribution in [0.3, 0.4) is 0 Å². The van der Waals surface area contributed by atoms with Gasteiger partial charge >= 0.3 is 6.18 Å². The van der Waals surface area contributed by atoms with Crippen LogP contribution >= 0.6 is 0 Å². The fraction of sp³-hybridized carbons (Fsp3) is 0.400. The van der Waals surface area contributed by atoms with Crippen LogP contribution in [0.4, 0.5) is 17.6 Å². The molecule has 4 rings (SSSR count). The summed E-state index contributed by atoms with van der Waals surface area (Å²) in [5.41, 5.74) is 0.0908. The minimum Gasteiger partial charge on any atom is -0.471 e. The van der Waals surface area contributed by atoms with Crippen molar-refractivity contribution < 1.29 is 27.1 Å². The van der Waals surface area contributed by atoms with Gasteiger partial charge < -0.3 is 9.64 Å². The number of ether oxygens (including phenoxy) is 1. The molecule has 1 saturated heterocycles. The maximum absolute atomic E-state index is 15.0. The monoisotopic (exact) mass is 503 g/mol. The molecule has 2 aromatic rings. The molecule has 1 aromatic carbocycles. The van der Waals surface area contributed by atoms with E-state index in [1.54, 1.807) is 12.3 Å². The highest BCUT2D eigenvalue weighted by Crippen LogP contribution is 2.28. The first-order valence-electron chi connectivity index (χ1n) is 11.5. The van der Waals surface area contributed by atoms with Crippen LogP contribution in [0, 0.1) is 11.7 Å². The standard InChI is InChI=1S/C25H25F4N5O2/c1-15-9-16(2)11-33-23(32-10-15)18-6-3-7-19(26)22(18)24(35)34-8-4-5-17(14-34)36-21-13-30-20(12-31-21)25(27,28)29/h3,6-7,9-10,12-13,15,17H,4-5,8,11,14H2,1-2H3/b16-9+,32-10?,33-23?/t15?,17-/m1/s1. The van der Waals surface area contributed by atoms with E-state index in [1.165, 1.54) is 17.0 Å². The molecule has 36 heavy (non-hydrogen) atoms. The normalized spacial score (nSPS) is 22.2. The fourth-order valence-electron chi connectivity index (χ4n) is 4.13. The molecule has 11 heteroatoms. The Bertz CT molecular complexity index is 1210. The number of amides is 1. The molecule has 3 heterocycles. The van der Waals surface area contributed by atoms with Gasteiger partial charge in [-0.1, -0.05) is 30.7 Å². The molecule has 0 spiro atoms. The van der Waals surface area contributed by atoms with Crippen LogP contribution in [0.1, 0.15) is 48.3 Å². The minimum absolute atomic E-state index is 0.0662. The van der Waals surface area contributed by atoms with Gasteiger partial charge in [0.05, 0.1) is 31.0 Å². The Hall–Kier alpha value is -3.63. The summed E-state index contributed by atoms with van der Waals surface area (Å²) in [6, 6.07) is 4.34. The van der Waals surface area contributed by atoms with E-state index in [0.717, 1.165) is 11.8 Å². The third-order valence-electron chi connectivity index (χ3n) is 5.80. The molecular formula is C25H25F4N5O2. The lowest BCUT2D eigenvalue weighted by Gasteiger charge is -2.33. The van der Waals surface area contributed by atoms with Crippen LogP contribution in [0.25, 0.3) is 0 Å². The SMILES string of the molecule is C/C1=C\C(C)C=NC(c2cccc(F)c2C(=O)N2CCC[C@@H](Oc3cnc(C(F)(F)F)cn3)C2)=NC1. The molecule has 1 amide bonds. The number of aliphatic imine (C=N–C) groups is 2. The summed E-state index contributed by atoms with van der Waals surface area (Å²) in [4.78, 5) is 30.9. The van der Waals surface area contributed by atoms with Crippen molar-refractivity contribution in [2.75, 3.05) is 19.6 Å². The molecule has 0 N–H and O–H groups in total. The predicted molar refractivity (Wildman–Crippen MR) is 126 cm³/mol. The van der Waals surface area contributed by atoms with Crippen LogP contribution in [-0.2, 0) is 6.18 Å². The molecule has 0 aliphatic carbocycles. The molecule has 0 radical (unpaired) electrons. The number of likely N-dealkylation sites (tertiary alicyclic amines) is 1. The van der Waals surface area contributed by atoms with Crippen LogP contribution in [0.5, 0.6) is 5.88 Å². The number of hydrogen-bond donors (Lipinski definition) is 0. The van der Waals surface area contributed by atoms with Crippen molar-refractivity contribution in [3.05, 3.63) is 64.9 Å². The fourth-order valence-corrected chi connectivity index (χ4v) is 4.13. The highest BCUT2D eigenvalue weighted by molar-refractivity contribution is 6.11. The first-order valence-corrected chi connectivity index (χ1v) is 11.5. The Morgan fingerprint density at radius 2 is 2.00 bits per heavy atom. The first kappa shape index (κ1) is 25.5. The lowest BCUT2D eigenvalue weighted by Crippen LogP contribution is -2.45. The molecule has 1 unspecified atom stereocenters. The van der Waals surface area contributed by atoms with Crippen LogP contribution in [-0.4, -0.2) is 58.6 Å². The quantitative estimate of drug-likeness (QED) is 0.446. The van der Waals surface area contributed by atoms with Gasteiger partial charge in [0.15, 0.2) is 11.5 Å². The van der Waals surface area contributed by atoms with Crippen LogP contribution in [0.15, 0.2) is 52.2 Å². The summed E-state index contributed by atoms with van der Waals surface area (Å²) < 4.78 is 58.9. The van der Waals surface area contributed by atoms with Gasteiger partial charge in [0, 0.05) is 24.2 Å². The van der Waals surface area contributed by atoms with E-state index in [0.29, 0.717) is 37.7 Å². The Balaban J connectivity index is 1.54. The highest BCUT2D eigenvalue weighted by atomic mass is 19.4. The second-order valence-corrected chi connectivity index (χ2v) is 8.82. The third kappa shape index (κ3) is 5.95. The van der Waals surface area contributed by atoms with Crippen molar-refractivity contribution in [2.24, 2.45) is 15.9 Å². The maximum Gasteiger partial charge on any atom is 0.434 e. The number of aromatic nitrogens is 2. The molecule has 0 bridgehead atoms. The number of benzene rings is 1. The summed E-state index contributed by atoms with van der Waals surface area (Å²) >= 11 is 0. The van der Waals surface area contributed by atoms with Gasteiger partial charge in [-0.3, -0.25) is 9.79 Å². The van der Waals surface area contributed by atoms with Gasteiger partial charge in [-0.15, -0.1) is 0 Å². The van der Waals surface area contributed by atoms with Gasteiger partial charge in [-0.2, -0.15) is 13.2 Å². The molecule has 0 saturated carbocycles. The van der Waals surface area contributed by atoms with Gasteiger partial charge in [0.25, 0.3) is 5.91 Å². The molecule has 2 aliphatic rings. The highest BCUT2D eigenvalue weighted by Gasteiger charge is 2.33. The van der Waals surface area contributed by atoms with Crippen molar-refractivity contribution in [3.8, 4) is 5.88 Å². The lowest BCUT2D eigenvalue weighted by atomic mass is 10.0. The van der Waals surface area contributed by atoms with E-state index in [-0.39, 0.29) is 29.7 Å². The molecule has 1 fully saturated rings. The maximum atomic E-state index is 15.0. The Morgan fingerprint density at radius 3 is 2.72 bits per heavy atom. The lowest BCUT2D eigenvalue weighted by molar-refractivity contribution is -0.141. The van der Waals surface area contributed by atoms with E-state index in [9.17, 15) is 18.0 Å². The Labute approximate surface area is 205 Å².